The van der Waals surface area contributed by atoms with Gasteiger partial charge in [-0.15, -0.1) is 0 Å². The summed E-state index contributed by atoms with van der Waals surface area (Å²) in [7, 11) is 1.81. The van der Waals surface area contributed by atoms with Crippen molar-refractivity contribution in [3.8, 4) is 6.07 Å². The van der Waals surface area contributed by atoms with Crippen molar-refractivity contribution in [1.29, 1.82) is 5.26 Å². The summed E-state index contributed by atoms with van der Waals surface area (Å²) in [5, 5.41) is 18.1. The van der Waals surface area contributed by atoms with E-state index >= 15 is 0 Å². The molecule has 1 atom stereocenters. The van der Waals surface area contributed by atoms with E-state index in [-0.39, 0.29) is 24.9 Å². The Morgan fingerprint density at radius 1 is 1.26 bits per heavy atom. The van der Waals surface area contributed by atoms with Crippen LogP contribution in [-0.2, 0) is 30.3 Å². The van der Waals surface area contributed by atoms with Gasteiger partial charge in [-0.05, 0) is 54.0 Å². The van der Waals surface area contributed by atoms with Crippen LogP contribution in [0, 0.1) is 18.3 Å². The molecule has 3 heterocycles. The van der Waals surface area contributed by atoms with Gasteiger partial charge in [0.15, 0.2) is 5.41 Å². The Bertz CT molecular complexity index is 1510. The molecule has 0 fully saturated rings. The first-order valence-electron chi connectivity index (χ1n) is 11.0. The molecule has 0 saturated carbocycles. The van der Waals surface area contributed by atoms with Crippen LogP contribution in [0.5, 0.6) is 0 Å². The van der Waals surface area contributed by atoms with Crippen molar-refractivity contribution < 1.29 is 14.0 Å². The third kappa shape index (κ3) is 3.70. The highest BCUT2D eigenvalue weighted by Crippen LogP contribution is 2.43. The highest BCUT2D eigenvalue weighted by molar-refractivity contribution is 9.10. The minimum absolute atomic E-state index is 0.213. The third-order valence-corrected chi connectivity index (χ3v) is 7.49. The van der Waals surface area contributed by atoms with E-state index in [1.54, 1.807) is 41.8 Å². The van der Waals surface area contributed by atoms with Crippen LogP contribution in [0.1, 0.15) is 40.0 Å². The molecule has 2 amide bonds. The highest BCUT2D eigenvalue weighted by Gasteiger charge is 2.48. The Kier molecular flexibility index (Phi) is 5.49. The van der Waals surface area contributed by atoms with Crippen LogP contribution in [0.2, 0.25) is 0 Å². The fourth-order valence-electron chi connectivity index (χ4n) is 4.47. The van der Waals surface area contributed by atoms with E-state index in [1.807, 2.05) is 37.3 Å². The number of amides is 2. The number of hydrogen-bond donors (Lipinski definition) is 1. The largest absolute Gasteiger partial charge is 0.459 e. The zero-order chi connectivity index (χ0) is 24.9. The van der Waals surface area contributed by atoms with Crippen molar-refractivity contribution in [2.75, 3.05) is 4.90 Å². The van der Waals surface area contributed by atoms with E-state index in [4.69, 9.17) is 4.42 Å². The second-order valence-corrected chi connectivity index (χ2v) is 9.56. The number of aryl methyl sites for hydroxylation is 2. The Labute approximate surface area is 210 Å². The lowest BCUT2D eigenvalue weighted by molar-refractivity contribution is -0.121. The molecular formula is C26H22BrN5O3. The second-order valence-electron chi connectivity index (χ2n) is 8.76. The van der Waals surface area contributed by atoms with Gasteiger partial charge in [-0.3, -0.25) is 14.3 Å². The average Bonchev–Trinajstić information content (AvgIpc) is 3.45. The number of nitrogens with zero attached hydrogens (tertiary/aromatic N) is 4. The number of para-hydroxylation sites is 1. The van der Waals surface area contributed by atoms with Crippen molar-refractivity contribution >= 4 is 44.4 Å². The fourth-order valence-corrected chi connectivity index (χ4v) is 4.93. The maximum Gasteiger partial charge on any atom is 0.252 e. The van der Waals surface area contributed by atoms with Crippen LogP contribution in [-0.4, -0.2) is 21.6 Å². The van der Waals surface area contributed by atoms with Crippen molar-refractivity contribution in [2.45, 2.75) is 32.4 Å². The summed E-state index contributed by atoms with van der Waals surface area (Å²) in [4.78, 5) is 27.9. The number of anilines is 1. The summed E-state index contributed by atoms with van der Waals surface area (Å²) in [5.41, 5.74) is 2.53. The van der Waals surface area contributed by atoms with E-state index < -0.39 is 5.41 Å². The first-order chi connectivity index (χ1) is 16.7. The Hall–Kier alpha value is -3.90. The number of rotatable bonds is 5. The molecule has 0 spiro atoms. The van der Waals surface area contributed by atoms with Gasteiger partial charge in [-0.1, -0.05) is 24.3 Å². The number of halogens is 1. The van der Waals surface area contributed by atoms with Crippen LogP contribution in [0.25, 0.3) is 11.0 Å². The number of furan rings is 1. The zero-order valence-corrected chi connectivity index (χ0v) is 21.0. The first kappa shape index (κ1) is 22.9. The molecular weight excluding hydrogens is 510 g/mol. The van der Waals surface area contributed by atoms with Gasteiger partial charge < -0.3 is 14.6 Å². The minimum Gasteiger partial charge on any atom is -0.459 e. The van der Waals surface area contributed by atoms with Gasteiger partial charge in [0.2, 0.25) is 0 Å². The van der Waals surface area contributed by atoms with E-state index in [0.717, 1.165) is 26.8 Å². The van der Waals surface area contributed by atoms with Crippen LogP contribution < -0.4 is 10.2 Å². The van der Waals surface area contributed by atoms with E-state index in [9.17, 15) is 14.9 Å². The van der Waals surface area contributed by atoms with Gasteiger partial charge in [0.25, 0.3) is 11.8 Å². The number of aromatic nitrogens is 2. The van der Waals surface area contributed by atoms with Gasteiger partial charge in [0, 0.05) is 23.6 Å². The molecule has 0 radical (unpaired) electrons. The summed E-state index contributed by atoms with van der Waals surface area (Å²) in [6, 6.07) is 16.7. The average molecular weight is 532 g/mol. The summed E-state index contributed by atoms with van der Waals surface area (Å²) in [6.45, 7) is 3.92. The predicted octanol–water partition coefficient (Wildman–Crippen LogP) is 4.50. The Balaban J connectivity index is 1.44. The molecule has 0 bridgehead atoms. The Morgan fingerprint density at radius 3 is 2.71 bits per heavy atom. The van der Waals surface area contributed by atoms with Crippen LogP contribution >= 0.6 is 15.9 Å². The molecule has 1 unspecified atom stereocenters. The second kappa shape index (κ2) is 8.40. The third-order valence-electron chi connectivity index (χ3n) is 6.46. The molecule has 4 aromatic rings. The topological polar surface area (TPSA) is 104 Å². The van der Waals surface area contributed by atoms with E-state index in [0.29, 0.717) is 22.6 Å². The number of nitrogens with one attached hydrogen (secondary N) is 1. The molecule has 176 valence electrons. The van der Waals surface area contributed by atoms with Crippen LogP contribution in [0.3, 0.4) is 0 Å². The number of carbonyl (C=O) groups excluding carboxylic acids is 2. The molecule has 2 aromatic heterocycles. The molecule has 1 N–H and O–H groups in total. The quantitative estimate of drug-likeness (QED) is 0.408. The number of benzene rings is 2. The van der Waals surface area contributed by atoms with E-state index in [2.05, 4.69) is 32.4 Å². The minimum atomic E-state index is -1.33. The standard InChI is InChI=1S/C26H22BrN5O3/c1-15-23(27)21(31(3)30-15)13-32-20-11-17(8-9-19(20)26(2,14-28)25(32)34)24(33)29-12-18-10-16-6-4-5-7-22(16)35-18/h4-11H,12-13H2,1-3H3,(H,29,33). The lowest BCUT2D eigenvalue weighted by atomic mass is 9.85. The normalized spacial score (nSPS) is 17.0. The van der Waals surface area contributed by atoms with Crippen LogP contribution in [0.4, 0.5) is 5.69 Å². The predicted molar refractivity (Wildman–Crippen MR) is 134 cm³/mol. The monoisotopic (exact) mass is 531 g/mol. The summed E-state index contributed by atoms with van der Waals surface area (Å²) in [5.74, 6) is 0.00959. The molecule has 2 aromatic carbocycles. The van der Waals surface area contributed by atoms with Gasteiger partial charge >= 0.3 is 0 Å². The van der Waals surface area contributed by atoms with Crippen molar-refractivity contribution in [1.82, 2.24) is 15.1 Å². The fraction of sp³-hybridized carbons (Fsp3) is 0.231. The first-order valence-corrected chi connectivity index (χ1v) is 11.8. The van der Waals surface area contributed by atoms with Crippen molar-refractivity contribution in [3.05, 3.63) is 81.3 Å². The SMILES string of the molecule is Cc1nn(C)c(CN2C(=O)C(C)(C#N)c3ccc(C(=O)NCc4cc5ccccc5o4)cc32)c1Br. The number of nitriles is 1. The summed E-state index contributed by atoms with van der Waals surface area (Å²) in [6.07, 6.45) is 0. The van der Waals surface area contributed by atoms with Gasteiger partial charge in [0.1, 0.15) is 11.3 Å². The maximum absolute atomic E-state index is 13.4. The number of carbonyl (C=O) groups is 2. The van der Waals surface area contributed by atoms with Crippen LogP contribution in [0.15, 0.2) is 57.4 Å². The molecule has 5 rings (SSSR count). The summed E-state index contributed by atoms with van der Waals surface area (Å²) < 4.78 is 8.29. The molecule has 0 saturated heterocycles. The molecule has 1 aliphatic heterocycles. The molecule has 8 nitrogen and oxygen atoms in total. The van der Waals surface area contributed by atoms with Crippen molar-refractivity contribution in [2.24, 2.45) is 7.05 Å². The maximum atomic E-state index is 13.4. The van der Waals surface area contributed by atoms with E-state index in [1.165, 1.54) is 0 Å². The molecule has 9 heteroatoms. The zero-order valence-electron chi connectivity index (χ0n) is 19.4. The van der Waals surface area contributed by atoms with Gasteiger partial charge in [0.05, 0.1) is 40.7 Å². The smallest absolute Gasteiger partial charge is 0.252 e. The van der Waals surface area contributed by atoms with Gasteiger partial charge in [-0.25, -0.2) is 0 Å². The number of fused-ring (bicyclic) bond motifs is 2. The molecule has 35 heavy (non-hydrogen) atoms. The Morgan fingerprint density at radius 2 is 2.03 bits per heavy atom. The lowest BCUT2D eigenvalue weighted by Gasteiger charge is -2.19. The number of hydrogen-bond acceptors (Lipinski definition) is 5. The van der Waals surface area contributed by atoms with Crippen molar-refractivity contribution in [3.63, 3.8) is 0 Å². The molecule has 1 aliphatic rings. The summed E-state index contributed by atoms with van der Waals surface area (Å²) >= 11 is 3.55. The highest BCUT2D eigenvalue weighted by atomic mass is 79.9. The molecule has 0 aliphatic carbocycles. The van der Waals surface area contributed by atoms with Gasteiger partial charge in [-0.2, -0.15) is 10.4 Å². The lowest BCUT2D eigenvalue weighted by Crippen LogP contribution is -2.37.